The molecule has 0 aliphatic heterocycles. The van der Waals surface area contributed by atoms with Crippen LogP contribution in [0, 0.1) is 5.82 Å². The molecule has 0 amide bonds. The summed E-state index contributed by atoms with van der Waals surface area (Å²) in [4.78, 5) is 4.35. The van der Waals surface area contributed by atoms with E-state index in [1.807, 2.05) is 36.4 Å². The van der Waals surface area contributed by atoms with Crippen LogP contribution in [0.2, 0.25) is 0 Å². The molecular weight excluding hydrogens is 241 g/mol. The van der Waals surface area contributed by atoms with Crippen LogP contribution in [-0.4, -0.2) is 4.98 Å². The molecule has 0 saturated heterocycles. The third kappa shape index (κ3) is 2.13. The number of hydrazine groups is 1. The molecule has 94 valence electrons. The molecular formula is C15H12FN3. The van der Waals surface area contributed by atoms with Crippen LogP contribution in [0.3, 0.4) is 0 Å². The summed E-state index contributed by atoms with van der Waals surface area (Å²) < 4.78 is 13.2. The van der Waals surface area contributed by atoms with Crippen molar-refractivity contribution in [1.82, 2.24) is 4.98 Å². The number of rotatable bonds is 2. The summed E-state index contributed by atoms with van der Waals surface area (Å²) in [6.07, 6.45) is 0. The number of nitrogens with two attached hydrogens (primary N) is 1. The van der Waals surface area contributed by atoms with Crippen LogP contribution in [0.5, 0.6) is 0 Å². The van der Waals surface area contributed by atoms with Gasteiger partial charge in [-0.15, -0.1) is 0 Å². The molecule has 0 fully saturated rings. The molecule has 0 bridgehead atoms. The van der Waals surface area contributed by atoms with E-state index in [1.165, 1.54) is 12.1 Å². The van der Waals surface area contributed by atoms with Crippen molar-refractivity contribution >= 4 is 16.7 Å². The van der Waals surface area contributed by atoms with E-state index in [4.69, 9.17) is 5.84 Å². The Bertz CT molecular complexity index is 726. The van der Waals surface area contributed by atoms with Crippen LogP contribution >= 0.6 is 0 Å². The summed E-state index contributed by atoms with van der Waals surface area (Å²) in [6.45, 7) is 0. The van der Waals surface area contributed by atoms with E-state index in [-0.39, 0.29) is 5.82 Å². The monoisotopic (exact) mass is 253 g/mol. The summed E-state index contributed by atoms with van der Waals surface area (Å²) in [5.41, 5.74) is 5.05. The van der Waals surface area contributed by atoms with E-state index in [0.717, 1.165) is 16.5 Å². The van der Waals surface area contributed by atoms with Gasteiger partial charge in [0.2, 0.25) is 0 Å². The van der Waals surface area contributed by atoms with E-state index in [9.17, 15) is 4.39 Å². The fourth-order valence-electron chi connectivity index (χ4n) is 2.09. The Hall–Kier alpha value is -2.46. The van der Waals surface area contributed by atoms with Crippen LogP contribution in [0.25, 0.3) is 22.0 Å². The zero-order chi connectivity index (χ0) is 13.2. The maximum absolute atomic E-state index is 13.2. The molecule has 1 heterocycles. The van der Waals surface area contributed by atoms with Gasteiger partial charge in [-0.1, -0.05) is 30.3 Å². The SMILES string of the molecule is NNc1nc2cc(F)ccc2cc1-c1ccccc1. The van der Waals surface area contributed by atoms with Crippen LogP contribution in [0.4, 0.5) is 10.2 Å². The molecule has 19 heavy (non-hydrogen) atoms. The highest BCUT2D eigenvalue weighted by Gasteiger charge is 2.08. The molecule has 3 rings (SSSR count). The number of fused-ring (bicyclic) bond motifs is 1. The van der Waals surface area contributed by atoms with E-state index in [0.29, 0.717) is 11.3 Å². The van der Waals surface area contributed by atoms with Crippen molar-refractivity contribution in [3.63, 3.8) is 0 Å². The third-order valence-corrected chi connectivity index (χ3v) is 3.00. The van der Waals surface area contributed by atoms with Gasteiger partial charge in [0.1, 0.15) is 11.6 Å². The summed E-state index contributed by atoms with van der Waals surface area (Å²) in [5.74, 6) is 5.73. The van der Waals surface area contributed by atoms with Crippen LogP contribution in [0.1, 0.15) is 0 Å². The van der Waals surface area contributed by atoms with Crippen molar-refractivity contribution in [3.05, 3.63) is 60.4 Å². The summed E-state index contributed by atoms with van der Waals surface area (Å²) in [5, 5.41) is 0.874. The lowest BCUT2D eigenvalue weighted by molar-refractivity contribution is 0.629. The van der Waals surface area contributed by atoms with E-state index < -0.39 is 0 Å². The predicted octanol–water partition coefficient (Wildman–Crippen LogP) is 3.33. The zero-order valence-electron chi connectivity index (χ0n) is 10.1. The Morgan fingerprint density at radius 1 is 1.00 bits per heavy atom. The Morgan fingerprint density at radius 2 is 1.79 bits per heavy atom. The number of aromatic nitrogens is 1. The Morgan fingerprint density at radius 3 is 2.53 bits per heavy atom. The molecule has 3 aromatic rings. The molecule has 0 unspecified atom stereocenters. The average Bonchev–Trinajstić information content (AvgIpc) is 2.46. The molecule has 3 N–H and O–H groups in total. The first-order valence-corrected chi connectivity index (χ1v) is 5.90. The van der Waals surface area contributed by atoms with Gasteiger partial charge in [0, 0.05) is 17.0 Å². The molecule has 0 aliphatic carbocycles. The lowest BCUT2D eigenvalue weighted by Crippen LogP contribution is -2.10. The largest absolute Gasteiger partial charge is 0.308 e. The summed E-state index contributed by atoms with van der Waals surface area (Å²) >= 11 is 0. The minimum absolute atomic E-state index is 0.310. The standard InChI is InChI=1S/C15H12FN3/c16-12-7-6-11-8-13(10-4-2-1-3-5-10)15(19-17)18-14(11)9-12/h1-9H,17H2,(H,18,19). The zero-order valence-corrected chi connectivity index (χ0v) is 10.1. The first-order chi connectivity index (χ1) is 9.28. The third-order valence-electron chi connectivity index (χ3n) is 3.00. The normalized spacial score (nSPS) is 10.6. The van der Waals surface area contributed by atoms with Crippen LogP contribution in [0.15, 0.2) is 54.6 Å². The molecule has 2 aromatic carbocycles. The lowest BCUT2D eigenvalue weighted by Gasteiger charge is -2.10. The fraction of sp³-hybridized carbons (Fsp3) is 0. The van der Waals surface area contributed by atoms with Crippen molar-refractivity contribution in [2.24, 2.45) is 5.84 Å². The number of anilines is 1. The van der Waals surface area contributed by atoms with E-state index >= 15 is 0 Å². The van der Waals surface area contributed by atoms with Crippen LogP contribution in [-0.2, 0) is 0 Å². The van der Waals surface area contributed by atoms with Gasteiger partial charge in [-0.3, -0.25) is 0 Å². The quantitative estimate of drug-likeness (QED) is 0.544. The Labute approximate surface area is 109 Å². The molecule has 0 spiro atoms. The number of nitrogens with zero attached hydrogens (tertiary/aromatic N) is 1. The molecule has 0 radical (unpaired) electrons. The molecule has 1 aromatic heterocycles. The predicted molar refractivity (Wildman–Crippen MR) is 74.9 cm³/mol. The van der Waals surface area contributed by atoms with Crippen molar-refractivity contribution in [2.45, 2.75) is 0 Å². The maximum Gasteiger partial charge on any atom is 0.148 e. The highest BCUT2D eigenvalue weighted by Crippen LogP contribution is 2.29. The van der Waals surface area contributed by atoms with Crippen LogP contribution < -0.4 is 11.3 Å². The molecule has 0 atom stereocenters. The van der Waals surface area contributed by atoms with Gasteiger partial charge in [0.25, 0.3) is 0 Å². The second-order valence-electron chi connectivity index (χ2n) is 4.23. The molecule has 3 nitrogen and oxygen atoms in total. The van der Waals surface area contributed by atoms with Gasteiger partial charge in [-0.25, -0.2) is 15.2 Å². The molecule has 0 saturated carbocycles. The number of nitrogens with one attached hydrogen (secondary N) is 1. The van der Waals surface area contributed by atoms with Crippen molar-refractivity contribution in [3.8, 4) is 11.1 Å². The van der Waals surface area contributed by atoms with Gasteiger partial charge in [-0.2, -0.15) is 0 Å². The number of benzene rings is 2. The highest BCUT2D eigenvalue weighted by atomic mass is 19.1. The Balaban J connectivity index is 2.27. The van der Waals surface area contributed by atoms with Gasteiger partial charge in [0.05, 0.1) is 5.52 Å². The van der Waals surface area contributed by atoms with Gasteiger partial charge >= 0.3 is 0 Å². The molecule has 4 heteroatoms. The number of pyridine rings is 1. The maximum atomic E-state index is 13.2. The first kappa shape index (κ1) is 11.6. The first-order valence-electron chi connectivity index (χ1n) is 5.90. The summed E-state index contributed by atoms with van der Waals surface area (Å²) in [6, 6.07) is 16.3. The number of hydrogen-bond donors (Lipinski definition) is 2. The highest BCUT2D eigenvalue weighted by molar-refractivity contribution is 5.89. The van der Waals surface area contributed by atoms with Crippen molar-refractivity contribution in [1.29, 1.82) is 0 Å². The number of hydrogen-bond acceptors (Lipinski definition) is 3. The number of nitrogen functional groups attached to an aromatic ring is 1. The topological polar surface area (TPSA) is 50.9 Å². The smallest absolute Gasteiger partial charge is 0.148 e. The minimum Gasteiger partial charge on any atom is -0.308 e. The number of halogens is 1. The second-order valence-corrected chi connectivity index (χ2v) is 4.23. The Kier molecular flexibility index (Phi) is 2.85. The lowest BCUT2D eigenvalue weighted by atomic mass is 10.0. The average molecular weight is 253 g/mol. The van der Waals surface area contributed by atoms with Gasteiger partial charge in [-0.05, 0) is 23.8 Å². The fourth-order valence-corrected chi connectivity index (χ4v) is 2.09. The second kappa shape index (κ2) is 4.66. The van der Waals surface area contributed by atoms with Gasteiger partial charge in [0.15, 0.2) is 0 Å². The summed E-state index contributed by atoms with van der Waals surface area (Å²) in [7, 11) is 0. The van der Waals surface area contributed by atoms with E-state index in [1.54, 1.807) is 6.07 Å². The van der Waals surface area contributed by atoms with Gasteiger partial charge < -0.3 is 5.43 Å². The molecule has 0 aliphatic rings. The van der Waals surface area contributed by atoms with Crippen molar-refractivity contribution in [2.75, 3.05) is 5.43 Å². The minimum atomic E-state index is -0.310. The van der Waals surface area contributed by atoms with Crippen molar-refractivity contribution < 1.29 is 4.39 Å². The van der Waals surface area contributed by atoms with E-state index in [2.05, 4.69) is 10.4 Å².